The summed E-state index contributed by atoms with van der Waals surface area (Å²) in [5, 5.41) is 12.1. The summed E-state index contributed by atoms with van der Waals surface area (Å²) in [5.74, 6) is -3.66. The molecule has 1 aromatic rings. The molecule has 1 unspecified atom stereocenters. The summed E-state index contributed by atoms with van der Waals surface area (Å²) in [6, 6.07) is 3.33. The van der Waals surface area contributed by atoms with Crippen molar-refractivity contribution in [3.8, 4) is 6.07 Å². The van der Waals surface area contributed by atoms with Crippen LogP contribution in [-0.2, 0) is 4.79 Å². The minimum Gasteiger partial charge on any atom is -0.272 e. The van der Waals surface area contributed by atoms with Crippen LogP contribution in [0.25, 0.3) is 0 Å². The highest BCUT2D eigenvalue weighted by molar-refractivity contribution is 5.86. The van der Waals surface area contributed by atoms with Crippen molar-refractivity contribution in [2.75, 3.05) is 13.1 Å². The number of carbonyl (C=O) groups is 1. The molecule has 22 heavy (non-hydrogen) atoms. The Labute approximate surface area is 127 Å². The Morgan fingerprint density at radius 3 is 2.86 bits per heavy atom. The van der Waals surface area contributed by atoms with Crippen molar-refractivity contribution in [2.45, 2.75) is 32.2 Å². The van der Waals surface area contributed by atoms with Crippen LogP contribution in [0.15, 0.2) is 18.5 Å². The van der Waals surface area contributed by atoms with E-state index in [1.807, 2.05) is 6.07 Å². The molecule has 0 bridgehead atoms. The summed E-state index contributed by atoms with van der Waals surface area (Å²) in [4.78, 5) is 16.6. The maximum atomic E-state index is 13.9. The molecule has 3 heterocycles. The number of fused-ring (bicyclic) bond motifs is 1. The van der Waals surface area contributed by atoms with E-state index < -0.39 is 17.2 Å². The maximum absolute atomic E-state index is 13.9. The number of hydrogen-bond donors (Lipinski definition) is 0. The van der Waals surface area contributed by atoms with Crippen molar-refractivity contribution in [2.24, 2.45) is 5.41 Å². The molecule has 1 amide bonds. The highest BCUT2D eigenvalue weighted by Crippen LogP contribution is 2.48. The average Bonchev–Trinajstić information content (AvgIpc) is 2.98. The second-order valence-corrected chi connectivity index (χ2v) is 6.18. The fraction of sp³-hybridized carbons (Fsp3) is 0.533. The molecule has 2 aliphatic rings. The lowest BCUT2D eigenvalue weighted by molar-refractivity contribution is -0.156. The standard InChI is InChI=1S/C15H16F2N4O/c1-14(15(2,16)17)9-20-4-3-12(21(20)13(14)22)11-5-10(6-18)7-19-8-11/h5,7-8,12H,3-4,9H2,1-2H3/t12-,14?/m1/s1. The third-order valence-corrected chi connectivity index (χ3v) is 4.68. The molecule has 2 saturated heterocycles. The smallest absolute Gasteiger partial charge is 0.260 e. The van der Waals surface area contributed by atoms with Gasteiger partial charge in [0.25, 0.3) is 11.8 Å². The number of rotatable bonds is 2. The summed E-state index contributed by atoms with van der Waals surface area (Å²) in [6.45, 7) is 2.66. The quantitative estimate of drug-likeness (QED) is 0.839. The minimum absolute atomic E-state index is 0.0111. The molecule has 1 aromatic heterocycles. The van der Waals surface area contributed by atoms with Crippen molar-refractivity contribution in [3.63, 3.8) is 0 Å². The largest absolute Gasteiger partial charge is 0.272 e. The van der Waals surface area contributed by atoms with E-state index in [9.17, 15) is 13.6 Å². The van der Waals surface area contributed by atoms with Crippen LogP contribution >= 0.6 is 0 Å². The Balaban J connectivity index is 1.95. The monoisotopic (exact) mass is 306 g/mol. The van der Waals surface area contributed by atoms with Crippen LogP contribution in [0.1, 0.15) is 37.4 Å². The van der Waals surface area contributed by atoms with Crippen LogP contribution in [-0.4, -0.2) is 39.9 Å². The zero-order valence-electron chi connectivity index (χ0n) is 12.4. The number of nitriles is 1. The lowest BCUT2D eigenvalue weighted by Gasteiger charge is -2.29. The average molecular weight is 306 g/mol. The van der Waals surface area contributed by atoms with Crippen LogP contribution in [0.4, 0.5) is 8.78 Å². The molecule has 0 spiro atoms. The normalized spacial score (nSPS) is 28.8. The molecular formula is C15H16F2N4O. The fourth-order valence-electron chi connectivity index (χ4n) is 3.14. The summed E-state index contributed by atoms with van der Waals surface area (Å²) in [5.41, 5.74) is -0.615. The Morgan fingerprint density at radius 1 is 1.50 bits per heavy atom. The molecule has 2 aliphatic heterocycles. The molecule has 0 aromatic carbocycles. The number of amides is 1. The van der Waals surface area contributed by atoms with Gasteiger partial charge < -0.3 is 0 Å². The zero-order chi connectivity index (χ0) is 16.1. The van der Waals surface area contributed by atoms with E-state index >= 15 is 0 Å². The first-order chi connectivity index (χ1) is 10.3. The molecule has 2 atom stereocenters. The Kier molecular flexibility index (Phi) is 3.18. The van der Waals surface area contributed by atoms with E-state index in [1.54, 1.807) is 17.3 Å². The van der Waals surface area contributed by atoms with Gasteiger partial charge in [-0.3, -0.25) is 14.8 Å². The van der Waals surface area contributed by atoms with Gasteiger partial charge in [-0.2, -0.15) is 5.26 Å². The number of halogens is 2. The highest BCUT2D eigenvalue weighted by atomic mass is 19.3. The van der Waals surface area contributed by atoms with E-state index in [0.29, 0.717) is 24.1 Å². The van der Waals surface area contributed by atoms with Crippen LogP contribution in [0.5, 0.6) is 0 Å². The van der Waals surface area contributed by atoms with Crippen LogP contribution in [0, 0.1) is 16.7 Å². The zero-order valence-corrected chi connectivity index (χ0v) is 12.4. The third kappa shape index (κ3) is 1.98. The van der Waals surface area contributed by atoms with E-state index in [2.05, 4.69) is 4.98 Å². The Hall–Kier alpha value is -2.07. The predicted octanol–water partition coefficient (Wildman–Crippen LogP) is 2.12. The molecule has 0 radical (unpaired) electrons. The Bertz CT molecular complexity index is 666. The van der Waals surface area contributed by atoms with Crippen molar-refractivity contribution in [1.29, 1.82) is 5.26 Å². The van der Waals surface area contributed by atoms with Gasteiger partial charge in [-0.25, -0.2) is 13.8 Å². The summed E-state index contributed by atoms with van der Waals surface area (Å²) < 4.78 is 27.8. The summed E-state index contributed by atoms with van der Waals surface area (Å²) in [7, 11) is 0. The van der Waals surface area contributed by atoms with Gasteiger partial charge >= 0.3 is 0 Å². The molecule has 0 aliphatic carbocycles. The number of alkyl halides is 2. The second kappa shape index (κ2) is 4.71. The fourth-order valence-corrected chi connectivity index (χ4v) is 3.14. The third-order valence-electron chi connectivity index (χ3n) is 4.68. The Morgan fingerprint density at radius 2 is 2.23 bits per heavy atom. The minimum atomic E-state index is -3.09. The second-order valence-electron chi connectivity index (χ2n) is 6.18. The first-order valence-electron chi connectivity index (χ1n) is 7.09. The predicted molar refractivity (Wildman–Crippen MR) is 73.5 cm³/mol. The molecule has 116 valence electrons. The number of carbonyl (C=O) groups excluding carboxylic acids is 1. The van der Waals surface area contributed by atoms with Gasteiger partial charge in [-0.15, -0.1) is 0 Å². The molecular weight excluding hydrogens is 290 g/mol. The lowest BCUT2D eigenvalue weighted by Crippen LogP contribution is -2.45. The van der Waals surface area contributed by atoms with E-state index in [0.717, 1.165) is 6.92 Å². The van der Waals surface area contributed by atoms with Gasteiger partial charge in [-0.05, 0) is 25.0 Å². The number of hydrogen-bond acceptors (Lipinski definition) is 4. The number of hydrazine groups is 1. The first-order valence-corrected chi connectivity index (χ1v) is 7.09. The van der Waals surface area contributed by atoms with Gasteiger partial charge in [0.15, 0.2) is 0 Å². The molecule has 7 heteroatoms. The van der Waals surface area contributed by atoms with Crippen LogP contribution in [0.3, 0.4) is 0 Å². The maximum Gasteiger partial charge on any atom is 0.260 e. The lowest BCUT2D eigenvalue weighted by atomic mass is 9.83. The number of aromatic nitrogens is 1. The van der Waals surface area contributed by atoms with Gasteiger partial charge in [0.1, 0.15) is 11.5 Å². The first kappa shape index (κ1) is 14.9. The van der Waals surface area contributed by atoms with Crippen LogP contribution < -0.4 is 0 Å². The molecule has 0 N–H and O–H groups in total. The van der Waals surface area contributed by atoms with E-state index in [4.69, 9.17) is 5.26 Å². The van der Waals surface area contributed by atoms with Crippen molar-refractivity contribution >= 4 is 5.91 Å². The summed E-state index contributed by atoms with van der Waals surface area (Å²) in [6.07, 6.45) is 3.67. The highest BCUT2D eigenvalue weighted by Gasteiger charge is 2.62. The van der Waals surface area contributed by atoms with Crippen molar-refractivity contribution in [3.05, 3.63) is 29.6 Å². The molecule has 2 fully saturated rings. The molecule has 5 nitrogen and oxygen atoms in total. The van der Waals surface area contributed by atoms with Gasteiger partial charge in [0, 0.05) is 32.4 Å². The van der Waals surface area contributed by atoms with Crippen LogP contribution in [0.2, 0.25) is 0 Å². The van der Waals surface area contributed by atoms with Crippen molar-refractivity contribution < 1.29 is 13.6 Å². The van der Waals surface area contributed by atoms with Gasteiger partial charge in [0.2, 0.25) is 0 Å². The van der Waals surface area contributed by atoms with Gasteiger partial charge in [0.05, 0.1) is 11.6 Å². The molecule has 0 saturated carbocycles. The topological polar surface area (TPSA) is 60.2 Å². The number of pyridine rings is 1. The van der Waals surface area contributed by atoms with Crippen molar-refractivity contribution in [1.82, 2.24) is 15.0 Å². The van der Waals surface area contributed by atoms with E-state index in [-0.39, 0.29) is 12.6 Å². The number of nitrogens with zero attached hydrogens (tertiary/aromatic N) is 4. The molecule has 3 rings (SSSR count). The van der Waals surface area contributed by atoms with E-state index in [1.165, 1.54) is 18.1 Å². The SMILES string of the molecule is CC(F)(F)C1(C)CN2CC[C@H](c3cncc(C#N)c3)N2C1=O. The summed E-state index contributed by atoms with van der Waals surface area (Å²) >= 11 is 0. The van der Waals surface area contributed by atoms with Gasteiger partial charge in [-0.1, -0.05) is 0 Å².